The molecule has 0 N–H and O–H groups in total. The van der Waals surface area contributed by atoms with Gasteiger partial charge in [0.25, 0.3) is 0 Å². The lowest BCUT2D eigenvalue weighted by Gasteiger charge is -2.11. The molecule has 0 aliphatic heterocycles. The molecule has 0 fully saturated rings. The van der Waals surface area contributed by atoms with Crippen LogP contribution in [0.2, 0.25) is 0 Å². The third kappa shape index (κ3) is 2.64. The molecule has 2 nitrogen and oxygen atoms in total. The fourth-order valence-electron chi connectivity index (χ4n) is 1.95. The Morgan fingerprint density at radius 3 is 2.44 bits per heavy atom. The highest BCUT2D eigenvalue weighted by molar-refractivity contribution is 5.16. The van der Waals surface area contributed by atoms with Crippen LogP contribution in [0.1, 0.15) is 24.9 Å². The second kappa shape index (κ2) is 5.71. The maximum Gasteiger partial charge on any atom is 0.244 e. The largest absolute Gasteiger partial charge is 1.00 e. The molecule has 0 bridgehead atoms. The quantitative estimate of drug-likeness (QED) is 0.625. The van der Waals surface area contributed by atoms with E-state index in [4.69, 9.17) is 0 Å². The molecule has 1 atom stereocenters. The van der Waals surface area contributed by atoms with E-state index < -0.39 is 0 Å². The molecule has 3 heteroatoms. The fourth-order valence-corrected chi connectivity index (χ4v) is 1.95. The minimum atomic E-state index is 0. The van der Waals surface area contributed by atoms with Crippen molar-refractivity contribution in [3.05, 3.63) is 54.6 Å². The predicted octanol–water partition coefficient (Wildman–Crippen LogP) is -0.684. The van der Waals surface area contributed by atoms with Crippen LogP contribution in [0.5, 0.6) is 0 Å². The zero-order valence-electron chi connectivity index (χ0n) is 9.68. The van der Waals surface area contributed by atoms with Crippen molar-refractivity contribution in [2.45, 2.75) is 19.4 Å². The molecule has 0 radical (unpaired) electrons. The lowest BCUT2D eigenvalue weighted by molar-refractivity contribution is -0.713. The molecule has 2 rings (SSSR count). The molecule has 16 heavy (non-hydrogen) atoms. The van der Waals surface area contributed by atoms with Gasteiger partial charge in [-0.25, -0.2) is 9.13 Å². The second-order valence-corrected chi connectivity index (χ2v) is 3.86. The maximum absolute atomic E-state index is 2.26. The van der Waals surface area contributed by atoms with Crippen molar-refractivity contribution in [1.29, 1.82) is 0 Å². The smallest absolute Gasteiger partial charge is 0.244 e. The SMILES string of the molecule is CCC(c1ccccc1)[n+]1ccn(C)c1.[Cl-]. The van der Waals surface area contributed by atoms with Gasteiger partial charge in [0, 0.05) is 0 Å². The summed E-state index contributed by atoms with van der Waals surface area (Å²) in [6, 6.07) is 11.1. The second-order valence-electron chi connectivity index (χ2n) is 3.86. The Hall–Kier alpha value is -1.28. The van der Waals surface area contributed by atoms with E-state index in [1.54, 1.807) is 0 Å². The number of imidazole rings is 1. The first kappa shape index (κ1) is 12.8. The van der Waals surface area contributed by atoms with Crippen LogP contribution in [0, 0.1) is 0 Å². The maximum atomic E-state index is 2.26. The van der Waals surface area contributed by atoms with Gasteiger partial charge in [-0.05, 0) is 12.0 Å². The fraction of sp³-hybridized carbons (Fsp3) is 0.308. The first-order chi connectivity index (χ1) is 7.31. The summed E-state index contributed by atoms with van der Waals surface area (Å²) in [5, 5.41) is 0. The van der Waals surface area contributed by atoms with Gasteiger partial charge in [0.05, 0.1) is 7.05 Å². The summed E-state index contributed by atoms with van der Waals surface area (Å²) in [5.41, 5.74) is 1.37. The van der Waals surface area contributed by atoms with Crippen LogP contribution in [0.25, 0.3) is 0 Å². The molecule has 0 saturated heterocycles. The third-order valence-corrected chi connectivity index (χ3v) is 2.72. The Kier molecular flexibility index (Phi) is 4.56. The Bertz CT molecular complexity index is 423. The highest BCUT2D eigenvalue weighted by Crippen LogP contribution is 2.14. The number of hydrogen-bond donors (Lipinski definition) is 0. The molecule has 0 saturated carbocycles. The number of nitrogens with zero attached hydrogens (tertiary/aromatic N) is 2. The first-order valence-electron chi connectivity index (χ1n) is 5.39. The Balaban J connectivity index is 0.00000128. The predicted molar refractivity (Wildman–Crippen MR) is 60.5 cm³/mol. The van der Waals surface area contributed by atoms with Crippen molar-refractivity contribution in [2.24, 2.45) is 7.05 Å². The van der Waals surface area contributed by atoms with Crippen molar-refractivity contribution in [3.63, 3.8) is 0 Å². The van der Waals surface area contributed by atoms with Crippen LogP contribution in [0.3, 0.4) is 0 Å². The number of hydrogen-bond acceptors (Lipinski definition) is 0. The molecule has 1 aromatic heterocycles. The molecule has 0 aliphatic rings. The first-order valence-corrected chi connectivity index (χ1v) is 5.39. The summed E-state index contributed by atoms with van der Waals surface area (Å²) < 4.78 is 4.33. The topological polar surface area (TPSA) is 8.81 Å². The van der Waals surface area contributed by atoms with Gasteiger partial charge in [0.2, 0.25) is 6.33 Å². The van der Waals surface area contributed by atoms with E-state index in [2.05, 4.69) is 65.1 Å². The molecular formula is C13H17ClN2. The van der Waals surface area contributed by atoms with Gasteiger partial charge >= 0.3 is 0 Å². The van der Waals surface area contributed by atoms with Crippen molar-refractivity contribution in [3.8, 4) is 0 Å². The standard InChI is InChI=1S/C13H17N2.ClH/c1-3-13(12-7-5-4-6-8-12)15-10-9-14(2)11-15;/h4-11,13H,3H2,1-2H3;1H/q+1;/p-1. The van der Waals surface area contributed by atoms with Crippen LogP contribution < -0.4 is 17.0 Å². The Labute approximate surface area is 103 Å². The van der Waals surface area contributed by atoms with Gasteiger partial charge < -0.3 is 12.4 Å². The van der Waals surface area contributed by atoms with E-state index in [1.807, 2.05) is 7.05 Å². The number of aryl methyl sites for hydroxylation is 1. The van der Waals surface area contributed by atoms with Crippen LogP contribution in [0.15, 0.2) is 49.1 Å². The zero-order valence-corrected chi connectivity index (χ0v) is 10.4. The van der Waals surface area contributed by atoms with Gasteiger partial charge in [0.15, 0.2) is 0 Å². The number of aromatic nitrogens is 2. The van der Waals surface area contributed by atoms with Crippen LogP contribution in [0.4, 0.5) is 0 Å². The van der Waals surface area contributed by atoms with Gasteiger partial charge in [-0.15, -0.1) is 0 Å². The molecular weight excluding hydrogens is 220 g/mol. The third-order valence-electron chi connectivity index (χ3n) is 2.72. The molecule has 0 amide bonds. The number of halogens is 1. The lowest BCUT2D eigenvalue weighted by Crippen LogP contribution is -3.00. The van der Waals surface area contributed by atoms with Crippen LogP contribution >= 0.6 is 0 Å². The zero-order chi connectivity index (χ0) is 10.7. The van der Waals surface area contributed by atoms with Crippen molar-refractivity contribution in [1.82, 2.24) is 4.57 Å². The normalized spacial score (nSPS) is 11.9. The van der Waals surface area contributed by atoms with Crippen molar-refractivity contribution < 1.29 is 17.0 Å². The molecule has 0 spiro atoms. The molecule has 1 aromatic carbocycles. The monoisotopic (exact) mass is 236 g/mol. The van der Waals surface area contributed by atoms with Gasteiger partial charge in [-0.3, -0.25) is 0 Å². The molecule has 2 aromatic rings. The molecule has 1 unspecified atom stereocenters. The van der Waals surface area contributed by atoms with E-state index in [9.17, 15) is 0 Å². The van der Waals surface area contributed by atoms with Crippen LogP contribution in [-0.2, 0) is 7.05 Å². The lowest BCUT2D eigenvalue weighted by atomic mass is 10.0. The summed E-state index contributed by atoms with van der Waals surface area (Å²) in [6.07, 6.45) is 7.44. The summed E-state index contributed by atoms with van der Waals surface area (Å²) in [7, 11) is 2.05. The van der Waals surface area contributed by atoms with Crippen molar-refractivity contribution in [2.75, 3.05) is 0 Å². The summed E-state index contributed by atoms with van der Waals surface area (Å²) in [6.45, 7) is 2.22. The van der Waals surface area contributed by atoms with Gasteiger partial charge in [0.1, 0.15) is 18.4 Å². The van der Waals surface area contributed by atoms with E-state index in [0.29, 0.717) is 6.04 Å². The van der Waals surface area contributed by atoms with E-state index in [0.717, 1.165) is 6.42 Å². The average Bonchev–Trinajstić information content (AvgIpc) is 2.68. The Morgan fingerprint density at radius 2 is 1.94 bits per heavy atom. The van der Waals surface area contributed by atoms with Crippen molar-refractivity contribution >= 4 is 0 Å². The number of rotatable bonds is 3. The Morgan fingerprint density at radius 1 is 1.25 bits per heavy atom. The molecule has 86 valence electrons. The number of benzene rings is 1. The highest BCUT2D eigenvalue weighted by atomic mass is 35.5. The summed E-state index contributed by atoms with van der Waals surface area (Å²) in [5.74, 6) is 0. The summed E-state index contributed by atoms with van der Waals surface area (Å²) in [4.78, 5) is 0. The van der Waals surface area contributed by atoms with E-state index in [1.165, 1.54) is 5.56 Å². The molecule has 1 heterocycles. The summed E-state index contributed by atoms with van der Waals surface area (Å²) >= 11 is 0. The van der Waals surface area contributed by atoms with Gasteiger partial charge in [-0.1, -0.05) is 37.3 Å². The highest BCUT2D eigenvalue weighted by Gasteiger charge is 2.15. The van der Waals surface area contributed by atoms with Gasteiger partial charge in [-0.2, -0.15) is 0 Å². The average molecular weight is 237 g/mol. The minimum absolute atomic E-state index is 0. The molecule has 0 aliphatic carbocycles. The minimum Gasteiger partial charge on any atom is -1.00 e. The van der Waals surface area contributed by atoms with E-state index >= 15 is 0 Å². The van der Waals surface area contributed by atoms with E-state index in [-0.39, 0.29) is 12.4 Å². The van der Waals surface area contributed by atoms with Crippen LogP contribution in [-0.4, -0.2) is 4.57 Å².